The summed E-state index contributed by atoms with van der Waals surface area (Å²) in [5.74, 6) is 0.898. The van der Waals surface area contributed by atoms with Crippen molar-refractivity contribution < 1.29 is 4.79 Å². The lowest BCUT2D eigenvalue weighted by atomic mass is 10.2. The van der Waals surface area contributed by atoms with Crippen molar-refractivity contribution in [3.63, 3.8) is 0 Å². The van der Waals surface area contributed by atoms with E-state index < -0.39 is 0 Å². The first-order valence-corrected chi connectivity index (χ1v) is 5.36. The molecule has 13 heavy (non-hydrogen) atoms. The van der Waals surface area contributed by atoms with Gasteiger partial charge >= 0.3 is 0 Å². The molecule has 0 aromatic carbocycles. The van der Waals surface area contributed by atoms with E-state index in [1.54, 1.807) is 0 Å². The van der Waals surface area contributed by atoms with Crippen molar-refractivity contribution in [1.82, 2.24) is 0 Å². The van der Waals surface area contributed by atoms with E-state index in [9.17, 15) is 4.79 Å². The summed E-state index contributed by atoms with van der Waals surface area (Å²) in [6.45, 7) is 0.707. The summed E-state index contributed by atoms with van der Waals surface area (Å²) < 4.78 is 0. The first kappa shape index (κ1) is 15.5. The van der Waals surface area contributed by atoms with Gasteiger partial charge in [-0.3, -0.25) is 4.79 Å². The topological polar surface area (TPSA) is 69.1 Å². The van der Waals surface area contributed by atoms with Gasteiger partial charge in [0.2, 0.25) is 5.91 Å². The zero-order valence-electron chi connectivity index (χ0n) is 7.77. The van der Waals surface area contributed by atoms with Gasteiger partial charge in [0.05, 0.1) is 0 Å². The molecule has 3 nitrogen and oxygen atoms in total. The molecule has 0 bridgehead atoms. The summed E-state index contributed by atoms with van der Waals surface area (Å²) in [7, 11) is 0. The number of halogens is 2. The third-order valence-corrected chi connectivity index (χ3v) is 1.77. The summed E-state index contributed by atoms with van der Waals surface area (Å²) in [5, 5.41) is 0. The van der Waals surface area contributed by atoms with Gasteiger partial charge in [0.15, 0.2) is 0 Å². The van der Waals surface area contributed by atoms with Crippen LogP contribution in [-0.2, 0) is 4.79 Å². The lowest BCUT2D eigenvalue weighted by Gasteiger charge is -1.93. The maximum Gasteiger partial charge on any atom is 0.217 e. The van der Waals surface area contributed by atoms with Crippen LogP contribution in [0.1, 0.15) is 25.7 Å². The van der Waals surface area contributed by atoms with Crippen molar-refractivity contribution in [2.45, 2.75) is 25.7 Å². The summed E-state index contributed by atoms with van der Waals surface area (Å²) in [6.07, 6.45) is 3.39. The molecule has 0 radical (unpaired) electrons. The average Bonchev–Trinajstić information content (AvgIpc) is 2.13. The van der Waals surface area contributed by atoms with E-state index in [4.69, 9.17) is 34.7 Å². The number of nitrogens with two attached hydrogens (primary N) is 2. The van der Waals surface area contributed by atoms with Crippen LogP contribution in [0.5, 0.6) is 0 Å². The zero-order valence-corrected chi connectivity index (χ0v) is 9.28. The van der Waals surface area contributed by atoms with E-state index in [0.717, 1.165) is 19.3 Å². The molecule has 0 aliphatic rings. The Bertz CT molecular complexity index is 110. The fourth-order valence-corrected chi connectivity index (χ4v) is 0.620. The molecule has 0 unspecified atom stereocenters. The Labute approximate surface area is 89.7 Å². The standard InChI is InChI=1S/C6H14N2O.C2H4Cl2/c7-5-3-1-2-4-6(8)9;3-1-2-4/h1-5,7H2,(H2,8,9);1-2H2. The molecule has 0 spiro atoms. The van der Waals surface area contributed by atoms with Crippen LogP contribution in [0.2, 0.25) is 0 Å². The SMILES string of the molecule is ClCCCl.NCCCCCC(N)=O. The summed E-state index contributed by atoms with van der Waals surface area (Å²) in [5.41, 5.74) is 10.1. The Hall–Kier alpha value is 0.01000. The Morgan fingerprint density at radius 3 is 1.92 bits per heavy atom. The van der Waals surface area contributed by atoms with Gasteiger partial charge < -0.3 is 11.5 Å². The van der Waals surface area contributed by atoms with E-state index >= 15 is 0 Å². The van der Waals surface area contributed by atoms with Crippen LogP contribution >= 0.6 is 23.2 Å². The van der Waals surface area contributed by atoms with Crippen LogP contribution in [0.25, 0.3) is 0 Å². The fraction of sp³-hybridized carbons (Fsp3) is 0.875. The number of carbonyl (C=O) groups excluding carboxylic acids is 1. The van der Waals surface area contributed by atoms with Crippen molar-refractivity contribution in [1.29, 1.82) is 0 Å². The highest BCUT2D eigenvalue weighted by Crippen LogP contribution is 1.96. The van der Waals surface area contributed by atoms with Gasteiger partial charge in [-0.05, 0) is 19.4 Å². The lowest BCUT2D eigenvalue weighted by molar-refractivity contribution is -0.118. The predicted molar refractivity (Wildman–Crippen MR) is 58.2 cm³/mol. The molecule has 0 fully saturated rings. The second kappa shape index (κ2) is 14.5. The molecule has 0 saturated carbocycles. The molecule has 0 aliphatic carbocycles. The van der Waals surface area contributed by atoms with Crippen LogP contribution in [0.4, 0.5) is 0 Å². The van der Waals surface area contributed by atoms with Crippen molar-refractivity contribution in [2.24, 2.45) is 11.5 Å². The molecule has 0 atom stereocenters. The second-order valence-electron chi connectivity index (χ2n) is 2.44. The molecule has 0 saturated heterocycles. The largest absolute Gasteiger partial charge is 0.370 e. The minimum Gasteiger partial charge on any atom is -0.370 e. The predicted octanol–water partition coefficient (Wildman–Crippen LogP) is 1.45. The molecule has 0 heterocycles. The molecular formula is C8H18Cl2N2O. The van der Waals surface area contributed by atoms with Gasteiger partial charge in [-0.2, -0.15) is 0 Å². The average molecular weight is 229 g/mol. The molecule has 4 N–H and O–H groups in total. The molecular weight excluding hydrogens is 211 g/mol. The molecule has 0 aromatic heterocycles. The summed E-state index contributed by atoms with van der Waals surface area (Å²) in [6, 6.07) is 0. The summed E-state index contributed by atoms with van der Waals surface area (Å²) in [4.78, 5) is 10.2. The van der Waals surface area contributed by atoms with Gasteiger partial charge in [-0.15, -0.1) is 23.2 Å². The Balaban J connectivity index is 0. The minimum atomic E-state index is -0.216. The van der Waals surface area contributed by atoms with Gasteiger partial charge in [-0.25, -0.2) is 0 Å². The van der Waals surface area contributed by atoms with Crippen LogP contribution in [-0.4, -0.2) is 24.2 Å². The Kier molecular flexibility index (Phi) is 17.3. The van der Waals surface area contributed by atoms with Crippen LogP contribution in [0, 0.1) is 0 Å². The van der Waals surface area contributed by atoms with Crippen LogP contribution < -0.4 is 11.5 Å². The number of unbranched alkanes of at least 4 members (excludes halogenated alkanes) is 2. The fourth-order valence-electron chi connectivity index (χ4n) is 0.620. The quantitative estimate of drug-likeness (QED) is 0.534. The number of carbonyl (C=O) groups is 1. The Morgan fingerprint density at radius 2 is 1.62 bits per heavy atom. The van der Waals surface area contributed by atoms with E-state index in [0.29, 0.717) is 24.7 Å². The van der Waals surface area contributed by atoms with E-state index in [-0.39, 0.29) is 5.91 Å². The van der Waals surface area contributed by atoms with Crippen molar-refractivity contribution in [2.75, 3.05) is 18.3 Å². The maximum absolute atomic E-state index is 10.2. The number of primary amides is 1. The van der Waals surface area contributed by atoms with Crippen molar-refractivity contribution in [3.05, 3.63) is 0 Å². The molecule has 0 aliphatic heterocycles. The molecule has 0 rings (SSSR count). The first-order chi connectivity index (χ1) is 6.18. The number of amides is 1. The molecule has 5 heteroatoms. The van der Waals surface area contributed by atoms with Crippen molar-refractivity contribution in [3.8, 4) is 0 Å². The smallest absolute Gasteiger partial charge is 0.217 e. The normalized spacial score (nSPS) is 8.85. The highest BCUT2D eigenvalue weighted by molar-refractivity contribution is 6.25. The zero-order chi connectivity index (χ0) is 10.5. The number of hydrogen-bond donors (Lipinski definition) is 2. The maximum atomic E-state index is 10.2. The number of rotatable bonds is 6. The minimum absolute atomic E-state index is 0.216. The monoisotopic (exact) mass is 228 g/mol. The van der Waals surface area contributed by atoms with E-state index in [1.165, 1.54) is 0 Å². The second-order valence-corrected chi connectivity index (χ2v) is 3.20. The highest BCUT2D eigenvalue weighted by Gasteiger charge is 1.91. The van der Waals surface area contributed by atoms with Crippen LogP contribution in [0.3, 0.4) is 0 Å². The summed E-state index contributed by atoms with van der Waals surface area (Å²) >= 11 is 10.1. The first-order valence-electron chi connectivity index (χ1n) is 4.29. The van der Waals surface area contributed by atoms with Crippen molar-refractivity contribution >= 4 is 29.1 Å². The lowest BCUT2D eigenvalue weighted by Crippen LogP contribution is -2.09. The highest BCUT2D eigenvalue weighted by atomic mass is 35.5. The van der Waals surface area contributed by atoms with E-state index in [2.05, 4.69) is 0 Å². The van der Waals surface area contributed by atoms with Gasteiger partial charge in [0, 0.05) is 18.2 Å². The van der Waals surface area contributed by atoms with E-state index in [1.807, 2.05) is 0 Å². The van der Waals surface area contributed by atoms with Gasteiger partial charge in [0.1, 0.15) is 0 Å². The molecule has 0 aromatic rings. The van der Waals surface area contributed by atoms with Gasteiger partial charge in [-0.1, -0.05) is 6.42 Å². The number of hydrogen-bond acceptors (Lipinski definition) is 2. The third-order valence-electron chi connectivity index (χ3n) is 1.20. The molecule has 1 amide bonds. The molecule has 80 valence electrons. The Morgan fingerprint density at radius 1 is 1.08 bits per heavy atom. The third kappa shape index (κ3) is 24.5. The van der Waals surface area contributed by atoms with Gasteiger partial charge in [0.25, 0.3) is 0 Å². The van der Waals surface area contributed by atoms with Crippen LogP contribution in [0.15, 0.2) is 0 Å². The number of alkyl halides is 2.